The highest BCUT2D eigenvalue weighted by Gasteiger charge is 2.49. The first kappa shape index (κ1) is 16.9. The normalized spacial score (nSPS) is 28.5. The molecule has 0 aromatic rings. The molecule has 4 heteroatoms. The highest BCUT2D eigenvalue weighted by atomic mass is 28.4. The van der Waals surface area contributed by atoms with Gasteiger partial charge in [-0.2, -0.15) is 0 Å². The summed E-state index contributed by atoms with van der Waals surface area (Å²) in [4.78, 5) is 11.9. The molecule has 1 rings (SSSR count). The summed E-state index contributed by atoms with van der Waals surface area (Å²) in [6.45, 7) is 15.2. The Morgan fingerprint density at radius 1 is 1.37 bits per heavy atom. The fourth-order valence-corrected chi connectivity index (χ4v) is 4.03. The first-order valence-electron chi connectivity index (χ1n) is 7.25. The summed E-state index contributed by atoms with van der Waals surface area (Å²) in [5.41, 5.74) is -0.278. The average molecular weight is 286 g/mol. The summed E-state index contributed by atoms with van der Waals surface area (Å²) in [5.74, 6) is -0.0985. The lowest BCUT2D eigenvalue weighted by Crippen LogP contribution is -2.54. The molecule has 1 N–H and O–H groups in total. The minimum Gasteiger partial charge on any atom is -0.413 e. The Bertz CT molecular complexity index is 342. The lowest BCUT2D eigenvalue weighted by Gasteiger charge is -2.48. The number of carbonyl (C=O) groups is 1. The molecule has 3 nitrogen and oxygen atoms in total. The van der Waals surface area contributed by atoms with Crippen LogP contribution in [0.3, 0.4) is 0 Å². The van der Waals surface area contributed by atoms with E-state index < -0.39 is 8.32 Å². The molecule has 0 amide bonds. The smallest absolute Gasteiger partial charge is 0.192 e. The number of carbonyl (C=O) groups excluding carboxylic acids is 1. The number of rotatable bonds is 3. The van der Waals surface area contributed by atoms with Gasteiger partial charge in [0.15, 0.2) is 8.32 Å². The van der Waals surface area contributed by atoms with Crippen molar-refractivity contribution in [3.63, 3.8) is 0 Å². The van der Waals surface area contributed by atoms with Crippen LogP contribution in [-0.2, 0) is 9.22 Å². The van der Waals surface area contributed by atoms with Crippen molar-refractivity contribution in [3.05, 3.63) is 0 Å². The second kappa shape index (κ2) is 5.30. The SMILES string of the molecule is CC1(C)C(O[Si](C)(C)C(C)(C)C)CCC(=O)[C@@H]1CO. The van der Waals surface area contributed by atoms with Gasteiger partial charge in [-0.05, 0) is 24.6 Å². The van der Waals surface area contributed by atoms with E-state index in [4.69, 9.17) is 4.43 Å². The van der Waals surface area contributed by atoms with Crippen LogP contribution in [0.25, 0.3) is 0 Å². The van der Waals surface area contributed by atoms with Gasteiger partial charge in [-0.15, -0.1) is 0 Å². The molecule has 1 fully saturated rings. The Morgan fingerprint density at radius 2 is 1.89 bits per heavy atom. The molecule has 1 aliphatic carbocycles. The summed E-state index contributed by atoms with van der Waals surface area (Å²) in [6, 6.07) is 0. The van der Waals surface area contributed by atoms with Gasteiger partial charge in [-0.3, -0.25) is 4.79 Å². The van der Waals surface area contributed by atoms with E-state index in [1.807, 2.05) is 0 Å². The number of hydrogen-bond acceptors (Lipinski definition) is 3. The molecule has 0 heterocycles. The Hall–Kier alpha value is -0.193. The first-order valence-corrected chi connectivity index (χ1v) is 10.2. The summed E-state index contributed by atoms with van der Waals surface area (Å²) < 4.78 is 6.51. The van der Waals surface area contributed by atoms with Gasteiger partial charge in [-0.1, -0.05) is 34.6 Å². The molecule has 2 atom stereocenters. The lowest BCUT2D eigenvalue weighted by molar-refractivity contribution is -0.138. The summed E-state index contributed by atoms with van der Waals surface area (Å²) >= 11 is 0. The average Bonchev–Trinajstić information content (AvgIpc) is 2.21. The predicted molar refractivity (Wildman–Crippen MR) is 80.7 cm³/mol. The Morgan fingerprint density at radius 3 is 2.32 bits per heavy atom. The molecule has 1 unspecified atom stereocenters. The van der Waals surface area contributed by atoms with Crippen LogP contribution in [0, 0.1) is 11.3 Å². The second-order valence-corrected chi connectivity index (χ2v) is 12.7. The Labute approximate surface area is 118 Å². The monoisotopic (exact) mass is 286 g/mol. The van der Waals surface area contributed by atoms with Gasteiger partial charge in [-0.25, -0.2) is 0 Å². The van der Waals surface area contributed by atoms with E-state index in [9.17, 15) is 9.90 Å². The van der Waals surface area contributed by atoms with Gasteiger partial charge in [0.25, 0.3) is 0 Å². The molecule has 0 spiro atoms. The molecular formula is C15H30O3Si. The highest BCUT2D eigenvalue weighted by Crippen LogP contribution is 2.45. The topological polar surface area (TPSA) is 46.5 Å². The molecule has 19 heavy (non-hydrogen) atoms. The summed E-state index contributed by atoms with van der Waals surface area (Å²) in [6.07, 6.45) is 1.39. The molecular weight excluding hydrogens is 256 g/mol. The third-order valence-electron chi connectivity index (χ3n) is 5.20. The van der Waals surface area contributed by atoms with Crippen molar-refractivity contribution in [2.24, 2.45) is 11.3 Å². The van der Waals surface area contributed by atoms with Crippen LogP contribution >= 0.6 is 0 Å². The van der Waals surface area contributed by atoms with E-state index in [0.29, 0.717) is 6.42 Å². The van der Waals surface area contributed by atoms with Crippen LogP contribution in [0.4, 0.5) is 0 Å². The van der Waals surface area contributed by atoms with E-state index >= 15 is 0 Å². The van der Waals surface area contributed by atoms with Crippen LogP contribution in [-0.4, -0.2) is 31.9 Å². The Kier molecular flexibility index (Phi) is 4.70. The number of hydrogen-bond donors (Lipinski definition) is 1. The fraction of sp³-hybridized carbons (Fsp3) is 0.933. The molecule has 0 aromatic carbocycles. The first-order chi connectivity index (χ1) is 8.43. The van der Waals surface area contributed by atoms with Crippen LogP contribution in [0.15, 0.2) is 0 Å². The molecule has 0 radical (unpaired) electrons. The minimum absolute atomic E-state index is 0.0663. The lowest BCUT2D eigenvalue weighted by atomic mass is 9.66. The van der Waals surface area contributed by atoms with Crippen molar-refractivity contribution >= 4 is 14.1 Å². The van der Waals surface area contributed by atoms with Gasteiger partial charge in [0.1, 0.15) is 5.78 Å². The zero-order valence-corrected chi connectivity index (χ0v) is 14.5. The van der Waals surface area contributed by atoms with Crippen molar-refractivity contribution < 1.29 is 14.3 Å². The number of Topliss-reactive ketones (excluding diaryl/α,β-unsaturated/α-hetero) is 1. The molecule has 0 aromatic heterocycles. The third-order valence-corrected chi connectivity index (χ3v) is 9.68. The van der Waals surface area contributed by atoms with Crippen molar-refractivity contribution in [1.29, 1.82) is 0 Å². The van der Waals surface area contributed by atoms with Gasteiger partial charge >= 0.3 is 0 Å². The molecule has 1 aliphatic rings. The quantitative estimate of drug-likeness (QED) is 0.809. The van der Waals surface area contributed by atoms with E-state index in [2.05, 4.69) is 47.7 Å². The third kappa shape index (κ3) is 3.28. The summed E-state index contributed by atoms with van der Waals surface area (Å²) in [7, 11) is -1.84. The standard InChI is InChI=1S/C15H30O3Si/c1-14(2,3)19(6,7)18-13-9-8-12(17)11(10-16)15(13,4)5/h11,13,16H,8-10H2,1-7H3/t11-,13?/m0/s1. The van der Waals surface area contributed by atoms with Crippen LogP contribution in [0.5, 0.6) is 0 Å². The largest absolute Gasteiger partial charge is 0.413 e. The van der Waals surface area contributed by atoms with Gasteiger partial charge < -0.3 is 9.53 Å². The molecule has 0 aliphatic heterocycles. The maximum Gasteiger partial charge on any atom is 0.192 e. The van der Waals surface area contributed by atoms with Crippen LogP contribution < -0.4 is 0 Å². The zero-order chi connectivity index (χ0) is 15.1. The maximum atomic E-state index is 11.9. The van der Waals surface area contributed by atoms with Gasteiger partial charge in [0.2, 0.25) is 0 Å². The van der Waals surface area contributed by atoms with Gasteiger partial charge in [0.05, 0.1) is 12.7 Å². The van der Waals surface area contributed by atoms with E-state index in [-0.39, 0.29) is 34.9 Å². The van der Waals surface area contributed by atoms with Crippen molar-refractivity contribution in [2.45, 2.75) is 71.7 Å². The summed E-state index contributed by atoms with van der Waals surface area (Å²) in [5, 5.41) is 9.67. The second-order valence-electron chi connectivity index (χ2n) is 7.93. The predicted octanol–water partition coefficient (Wildman–Crippen LogP) is 3.37. The van der Waals surface area contributed by atoms with Crippen molar-refractivity contribution in [1.82, 2.24) is 0 Å². The molecule has 112 valence electrons. The minimum atomic E-state index is -1.84. The Balaban J connectivity index is 2.93. The van der Waals surface area contributed by atoms with E-state index in [1.54, 1.807) is 0 Å². The molecule has 0 saturated heterocycles. The maximum absolute atomic E-state index is 11.9. The zero-order valence-electron chi connectivity index (χ0n) is 13.5. The van der Waals surface area contributed by atoms with Crippen LogP contribution in [0.1, 0.15) is 47.5 Å². The van der Waals surface area contributed by atoms with Crippen molar-refractivity contribution in [3.8, 4) is 0 Å². The number of ketones is 1. The van der Waals surface area contributed by atoms with E-state index in [1.165, 1.54) is 0 Å². The highest BCUT2D eigenvalue weighted by molar-refractivity contribution is 6.74. The number of aliphatic hydroxyl groups is 1. The van der Waals surface area contributed by atoms with E-state index in [0.717, 1.165) is 6.42 Å². The van der Waals surface area contributed by atoms with Crippen LogP contribution in [0.2, 0.25) is 18.1 Å². The van der Waals surface area contributed by atoms with Crippen molar-refractivity contribution in [2.75, 3.05) is 6.61 Å². The molecule has 0 bridgehead atoms. The van der Waals surface area contributed by atoms with Gasteiger partial charge in [0, 0.05) is 17.8 Å². The number of aliphatic hydroxyl groups excluding tert-OH is 1. The molecule has 1 saturated carbocycles. The fourth-order valence-electron chi connectivity index (χ4n) is 2.54.